The number of aliphatic hydroxyl groups excluding tert-OH is 1. The number of Topliss-reactive ketones (excluding diaryl/α,β-unsaturated/α-hetero) is 1. The Morgan fingerprint density at radius 3 is 2.73 bits per heavy atom. The standard InChI is InChI=1S/C15H19O2PS3.CH4/c16-7-1-6-2-8(19)5-14(6)11(20)4-10-12(15(10,18)21)9(3-7)13(14)17;/h3,5-6,9-12,16,19-21H,1-2,4,18H2;1H4. The average Bonchev–Trinajstić information content (AvgIpc) is 2.80. The molecule has 0 amide bonds. The van der Waals surface area contributed by atoms with Crippen molar-refractivity contribution in [1.82, 2.24) is 0 Å². The molecule has 0 aromatic carbocycles. The molecule has 1 spiro atoms. The molecule has 22 heavy (non-hydrogen) atoms. The first-order valence-electron chi connectivity index (χ1n) is 7.32. The summed E-state index contributed by atoms with van der Waals surface area (Å²) in [7, 11) is 2.80. The van der Waals surface area contributed by atoms with Gasteiger partial charge in [0.2, 0.25) is 0 Å². The third-order valence-electron chi connectivity index (χ3n) is 5.96. The highest BCUT2D eigenvalue weighted by atomic mass is 32.1. The van der Waals surface area contributed by atoms with Crippen molar-refractivity contribution in [1.29, 1.82) is 0 Å². The van der Waals surface area contributed by atoms with Crippen LogP contribution < -0.4 is 0 Å². The van der Waals surface area contributed by atoms with E-state index in [1.807, 2.05) is 6.08 Å². The third-order valence-corrected chi connectivity index (χ3v) is 8.35. The summed E-state index contributed by atoms with van der Waals surface area (Å²) in [5.74, 6) is 0.956. The van der Waals surface area contributed by atoms with Crippen molar-refractivity contribution in [3.05, 3.63) is 22.8 Å². The zero-order chi connectivity index (χ0) is 15.2. The summed E-state index contributed by atoms with van der Waals surface area (Å²) in [6.45, 7) is 0. The van der Waals surface area contributed by atoms with Gasteiger partial charge in [0.25, 0.3) is 0 Å². The highest BCUT2D eigenvalue weighted by Gasteiger charge is 2.70. The molecule has 4 aliphatic rings. The Hall–Kier alpha value is 0.430. The minimum atomic E-state index is -0.562. The molecule has 1 N–H and O–H groups in total. The molecule has 2 fully saturated rings. The van der Waals surface area contributed by atoms with Crippen molar-refractivity contribution in [2.24, 2.45) is 29.1 Å². The molecule has 2 nitrogen and oxygen atoms in total. The number of thiol groups is 3. The highest BCUT2D eigenvalue weighted by Crippen LogP contribution is 2.71. The lowest BCUT2D eigenvalue weighted by Gasteiger charge is -2.38. The molecule has 122 valence electrons. The van der Waals surface area contributed by atoms with Gasteiger partial charge < -0.3 is 5.11 Å². The van der Waals surface area contributed by atoms with Crippen LogP contribution in [0.1, 0.15) is 26.7 Å². The van der Waals surface area contributed by atoms with Crippen LogP contribution in [0.3, 0.4) is 0 Å². The monoisotopic (exact) mass is 374 g/mol. The quantitative estimate of drug-likeness (QED) is 0.383. The van der Waals surface area contributed by atoms with Gasteiger partial charge in [-0.15, -0.1) is 21.9 Å². The predicted octanol–water partition coefficient (Wildman–Crippen LogP) is 3.92. The number of aliphatic hydroxyl groups is 1. The van der Waals surface area contributed by atoms with E-state index in [0.29, 0.717) is 18.1 Å². The number of carbonyl (C=O) groups excluding carboxylic acids is 1. The van der Waals surface area contributed by atoms with Crippen LogP contribution in [-0.4, -0.2) is 20.6 Å². The smallest absolute Gasteiger partial charge is 0.151 e. The van der Waals surface area contributed by atoms with Crippen LogP contribution in [0.2, 0.25) is 0 Å². The maximum absolute atomic E-state index is 13.4. The van der Waals surface area contributed by atoms with Crippen LogP contribution in [-0.2, 0) is 4.79 Å². The van der Waals surface area contributed by atoms with E-state index in [9.17, 15) is 9.90 Å². The molecule has 0 aliphatic heterocycles. The minimum absolute atomic E-state index is 0. The topological polar surface area (TPSA) is 37.3 Å². The normalized spacial score (nSPS) is 52.4. The number of hydrogen-bond acceptors (Lipinski definition) is 5. The van der Waals surface area contributed by atoms with Crippen molar-refractivity contribution in [3.63, 3.8) is 0 Å². The molecule has 0 heterocycles. The Bertz CT molecular complexity index is 600. The molecule has 4 aliphatic carbocycles. The Morgan fingerprint density at radius 1 is 1.36 bits per heavy atom. The van der Waals surface area contributed by atoms with E-state index in [-0.39, 0.29) is 40.7 Å². The maximum atomic E-state index is 13.4. The molecule has 2 bridgehead atoms. The van der Waals surface area contributed by atoms with Gasteiger partial charge in [-0.05, 0) is 41.6 Å². The van der Waals surface area contributed by atoms with E-state index in [2.05, 4.69) is 21.9 Å². The molecule has 4 rings (SSSR count). The SMILES string of the molecule is C.O=C1C2C=C(O)CC3CC(S)=CC13C(S)CC1C2C1(P)S. The fourth-order valence-corrected chi connectivity index (χ4v) is 7.18. The van der Waals surface area contributed by atoms with Crippen LogP contribution in [0.25, 0.3) is 0 Å². The van der Waals surface area contributed by atoms with E-state index in [1.165, 1.54) is 0 Å². The van der Waals surface area contributed by atoms with Crippen molar-refractivity contribution in [2.75, 3.05) is 0 Å². The Balaban J connectivity index is 0.00000144. The first-order chi connectivity index (χ1) is 9.78. The first kappa shape index (κ1) is 17.3. The first-order valence-corrected chi connectivity index (χ1v) is 9.31. The third kappa shape index (κ3) is 2.04. The van der Waals surface area contributed by atoms with Crippen molar-refractivity contribution >= 4 is 52.9 Å². The zero-order valence-corrected chi connectivity index (χ0v) is 15.3. The van der Waals surface area contributed by atoms with Gasteiger partial charge in [-0.1, -0.05) is 13.5 Å². The summed E-state index contributed by atoms with van der Waals surface area (Å²) in [6, 6.07) is 0. The summed E-state index contributed by atoms with van der Waals surface area (Å²) >= 11 is 14.1. The Morgan fingerprint density at radius 2 is 2.05 bits per heavy atom. The van der Waals surface area contributed by atoms with Gasteiger partial charge in [-0.3, -0.25) is 4.79 Å². The molecule has 8 unspecified atom stereocenters. The number of ketones is 1. The lowest BCUT2D eigenvalue weighted by atomic mass is 9.68. The van der Waals surface area contributed by atoms with Crippen LogP contribution in [0.4, 0.5) is 0 Å². The van der Waals surface area contributed by atoms with Gasteiger partial charge in [0.05, 0.1) is 11.2 Å². The molecule has 6 heteroatoms. The molecule has 8 atom stereocenters. The number of fused-ring (bicyclic) bond motifs is 3. The Kier molecular flexibility index (Phi) is 4.09. The second kappa shape index (κ2) is 5.21. The molecular formula is C16H23O2PS3. The summed E-state index contributed by atoms with van der Waals surface area (Å²) in [4.78, 5) is 14.3. The van der Waals surface area contributed by atoms with E-state index >= 15 is 0 Å². The number of hydrogen-bond donors (Lipinski definition) is 4. The Labute approximate surface area is 151 Å². The molecule has 0 radical (unpaired) electrons. The molecule has 2 saturated carbocycles. The second-order valence-electron chi connectivity index (χ2n) is 6.99. The molecule has 0 aromatic rings. The van der Waals surface area contributed by atoms with Crippen LogP contribution >= 0.6 is 47.1 Å². The van der Waals surface area contributed by atoms with Gasteiger partial charge in [-0.2, -0.15) is 25.3 Å². The van der Waals surface area contributed by atoms with E-state index in [4.69, 9.17) is 25.3 Å². The minimum Gasteiger partial charge on any atom is -0.513 e. The van der Waals surface area contributed by atoms with Gasteiger partial charge in [0.15, 0.2) is 5.78 Å². The summed E-state index contributed by atoms with van der Waals surface area (Å²) in [5.41, 5.74) is -0.562. The van der Waals surface area contributed by atoms with E-state index in [1.54, 1.807) is 6.08 Å². The van der Waals surface area contributed by atoms with E-state index < -0.39 is 5.41 Å². The van der Waals surface area contributed by atoms with Gasteiger partial charge in [0.1, 0.15) is 0 Å². The summed E-state index contributed by atoms with van der Waals surface area (Å²) < 4.78 is -0.203. The van der Waals surface area contributed by atoms with E-state index in [0.717, 1.165) is 17.7 Å². The van der Waals surface area contributed by atoms with Crippen molar-refractivity contribution in [3.8, 4) is 0 Å². The average molecular weight is 375 g/mol. The van der Waals surface area contributed by atoms with Crippen LogP contribution in [0.5, 0.6) is 0 Å². The fraction of sp³-hybridized carbons (Fsp3) is 0.688. The van der Waals surface area contributed by atoms with Crippen LogP contribution in [0, 0.1) is 29.1 Å². The van der Waals surface area contributed by atoms with Gasteiger partial charge in [-0.25, -0.2) is 0 Å². The van der Waals surface area contributed by atoms with Gasteiger partial charge in [0, 0.05) is 22.1 Å². The number of allylic oxidation sites excluding steroid dienone is 4. The maximum Gasteiger partial charge on any atom is 0.151 e. The number of rotatable bonds is 0. The highest BCUT2D eigenvalue weighted by molar-refractivity contribution is 7.87. The molecule has 0 aromatic heterocycles. The lowest BCUT2D eigenvalue weighted by molar-refractivity contribution is -0.130. The zero-order valence-electron chi connectivity index (χ0n) is 11.4. The van der Waals surface area contributed by atoms with Crippen LogP contribution in [0.15, 0.2) is 22.8 Å². The van der Waals surface area contributed by atoms with Gasteiger partial charge >= 0.3 is 0 Å². The summed E-state index contributed by atoms with van der Waals surface area (Å²) in [5, 5.41) is 10.3. The van der Waals surface area contributed by atoms with Crippen molar-refractivity contribution < 1.29 is 9.90 Å². The number of carbonyl (C=O) groups is 1. The molecular weight excluding hydrogens is 351 g/mol. The molecule has 0 saturated heterocycles. The second-order valence-corrected chi connectivity index (χ2v) is 10.4. The van der Waals surface area contributed by atoms with Crippen molar-refractivity contribution in [2.45, 2.75) is 36.4 Å². The largest absolute Gasteiger partial charge is 0.513 e. The lowest BCUT2D eigenvalue weighted by Crippen LogP contribution is -2.44. The fourth-order valence-electron chi connectivity index (χ4n) is 4.88. The predicted molar refractivity (Wildman–Crippen MR) is 104 cm³/mol. The summed E-state index contributed by atoms with van der Waals surface area (Å²) in [6.07, 6.45) is 6.03.